The lowest BCUT2D eigenvalue weighted by Gasteiger charge is -2.04. The lowest BCUT2D eigenvalue weighted by atomic mass is 10.0. The predicted molar refractivity (Wildman–Crippen MR) is 101 cm³/mol. The molecule has 0 spiro atoms. The summed E-state index contributed by atoms with van der Waals surface area (Å²) in [5, 5.41) is 22.3. The minimum atomic E-state index is 0.0870. The first-order valence-corrected chi connectivity index (χ1v) is 8.49. The number of nitrogens with zero attached hydrogens (tertiary/aromatic N) is 2. The summed E-state index contributed by atoms with van der Waals surface area (Å²) in [6.07, 6.45) is 0. The highest BCUT2D eigenvalue weighted by atomic mass is 35.5. The molecule has 0 radical (unpaired) electrons. The van der Waals surface area contributed by atoms with Crippen LogP contribution >= 0.6 is 11.6 Å². The average Bonchev–Trinajstić information content (AvgIpc) is 3.25. The molecule has 0 aliphatic rings. The molecule has 0 atom stereocenters. The Hall–Kier alpha value is -3.05. The highest BCUT2D eigenvalue weighted by molar-refractivity contribution is 6.31. The number of phenolic OH excluding ortho intramolecular Hbond substituents is 1. The van der Waals surface area contributed by atoms with Gasteiger partial charge in [0.15, 0.2) is 0 Å². The van der Waals surface area contributed by atoms with E-state index in [9.17, 15) is 5.11 Å². The number of aryl methyl sites for hydroxylation is 2. The Morgan fingerprint density at radius 1 is 1.08 bits per heavy atom. The van der Waals surface area contributed by atoms with Crippen LogP contribution in [0.4, 0.5) is 0 Å². The van der Waals surface area contributed by atoms with Gasteiger partial charge in [-0.05, 0) is 37.6 Å². The Bertz CT molecular complexity index is 1080. The topological polar surface area (TPSA) is 74.9 Å². The van der Waals surface area contributed by atoms with Crippen molar-refractivity contribution in [3.8, 4) is 39.5 Å². The van der Waals surface area contributed by atoms with E-state index in [1.807, 2.05) is 56.3 Å². The van der Waals surface area contributed by atoms with Crippen molar-refractivity contribution in [2.24, 2.45) is 0 Å². The molecular weight excluding hydrogens is 350 g/mol. The first-order chi connectivity index (χ1) is 12.5. The standard InChI is InChI=1S/C20H16ClN3O2/c1-11-8-14(18(25)9-15(11)21)16-10-17(23-22-16)19-12(2)26-24-20(19)13-6-4-3-5-7-13/h3-10,25H,1-2H3,(H,22,23). The van der Waals surface area contributed by atoms with E-state index in [1.165, 1.54) is 6.07 Å². The van der Waals surface area contributed by atoms with E-state index in [4.69, 9.17) is 16.1 Å². The second-order valence-electron chi connectivity index (χ2n) is 6.11. The number of aromatic hydroxyl groups is 1. The molecule has 2 aromatic heterocycles. The molecule has 0 amide bonds. The van der Waals surface area contributed by atoms with Gasteiger partial charge >= 0.3 is 0 Å². The molecule has 0 saturated heterocycles. The maximum Gasteiger partial charge on any atom is 0.143 e. The van der Waals surface area contributed by atoms with Gasteiger partial charge < -0.3 is 9.63 Å². The molecular formula is C20H16ClN3O2. The lowest BCUT2D eigenvalue weighted by molar-refractivity contribution is 0.400. The number of aromatic amines is 1. The van der Waals surface area contributed by atoms with Gasteiger partial charge in [-0.25, -0.2) is 0 Å². The quantitative estimate of drug-likeness (QED) is 0.511. The summed E-state index contributed by atoms with van der Waals surface area (Å²) in [7, 11) is 0. The molecule has 2 heterocycles. The van der Waals surface area contributed by atoms with Gasteiger partial charge in [0.2, 0.25) is 0 Å². The fourth-order valence-electron chi connectivity index (χ4n) is 2.95. The minimum Gasteiger partial charge on any atom is -0.507 e. The van der Waals surface area contributed by atoms with Crippen LogP contribution in [-0.4, -0.2) is 20.5 Å². The van der Waals surface area contributed by atoms with Crippen molar-refractivity contribution in [1.82, 2.24) is 15.4 Å². The molecule has 2 aromatic carbocycles. The molecule has 2 N–H and O–H groups in total. The Morgan fingerprint density at radius 3 is 2.62 bits per heavy atom. The van der Waals surface area contributed by atoms with Gasteiger partial charge in [0.1, 0.15) is 17.2 Å². The lowest BCUT2D eigenvalue weighted by Crippen LogP contribution is -1.84. The average molecular weight is 366 g/mol. The fourth-order valence-corrected chi connectivity index (χ4v) is 3.10. The summed E-state index contributed by atoms with van der Waals surface area (Å²) in [5.74, 6) is 0.777. The Kier molecular flexibility index (Phi) is 4.01. The van der Waals surface area contributed by atoms with Gasteiger partial charge in [-0.1, -0.05) is 47.1 Å². The smallest absolute Gasteiger partial charge is 0.143 e. The van der Waals surface area contributed by atoms with Crippen LogP contribution in [0.2, 0.25) is 5.02 Å². The Morgan fingerprint density at radius 2 is 1.85 bits per heavy atom. The zero-order chi connectivity index (χ0) is 18.3. The molecule has 0 aliphatic heterocycles. The third-order valence-corrected chi connectivity index (χ3v) is 4.72. The maximum atomic E-state index is 10.2. The Labute approximate surface area is 155 Å². The minimum absolute atomic E-state index is 0.0870. The van der Waals surface area contributed by atoms with E-state index in [0.29, 0.717) is 22.0 Å². The van der Waals surface area contributed by atoms with E-state index in [1.54, 1.807) is 0 Å². The van der Waals surface area contributed by atoms with Crippen molar-refractivity contribution in [3.05, 3.63) is 64.9 Å². The highest BCUT2D eigenvalue weighted by Gasteiger charge is 2.20. The molecule has 0 bridgehead atoms. The second kappa shape index (κ2) is 6.35. The van der Waals surface area contributed by atoms with Gasteiger partial charge in [0.05, 0.1) is 17.0 Å². The largest absolute Gasteiger partial charge is 0.507 e. The van der Waals surface area contributed by atoms with Crippen LogP contribution in [0.25, 0.3) is 33.8 Å². The SMILES string of the molecule is Cc1cc(-c2cc(-c3c(-c4ccccc4)noc3C)[nH]n2)c(O)cc1Cl. The van der Waals surface area contributed by atoms with Gasteiger partial charge in [-0.3, -0.25) is 5.10 Å². The molecule has 4 aromatic rings. The summed E-state index contributed by atoms with van der Waals surface area (Å²) in [6.45, 7) is 3.75. The molecule has 4 rings (SSSR count). The van der Waals surface area contributed by atoms with Crippen molar-refractivity contribution in [1.29, 1.82) is 0 Å². The summed E-state index contributed by atoms with van der Waals surface area (Å²) in [5.41, 5.74) is 5.43. The fraction of sp³-hybridized carbons (Fsp3) is 0.100. The van der Waals surface area contributed by atoms with Crippen molar-refractivity contribution < 1.29 is 9.63 Å². The van der Waals surface area contributed by atoms with Crippen molar-refractivity contribution in [3.63, 3.8) is 0 Å². The van der Waals surface area contributed by atoms with Gasteiger partial charge in [-0.2, -0.15) is 5.10 Å². The first-order valence-electron chi connectivity index (χ1n) is 8.11. The summed E-state index contributed by atoms with van der Waals surface area (Å²) in [4.78, 5) is 0. The number of hydrogen-bond acceptors (Lipinski definition) is 4. The molecule has 0 saturated carbocycles. The normalized spacial score (nSPS) is 11.0. The van der Waals surface area contributed by atoms with Crippen molar-refractivity contribution in [2.45, 2.75) is 13.8 Å². The monoisotopic (exact) mass is 365 g/mol. The summed E-state index contributed by atoms with van der Waals surface area (Å²) < 4.78 is 5.41. The summed E-state index contributed by atoms with van der Waals surface area (Å²) in [6, 6.07) is 15.0. The molecule has 0 unspecified atom stereocenters. The second-order valence-corrected chi connectivity index (χ2v) is 6.52. The van der Waals surface area contributed by atoms with Gasteiger partial charge in [0.25, 0.3) is 0 Å². The first kappa shape index (κ1) is 16.4. The highest BCUT2D eigenvalue weighted by Crippen LogP contribution is 2.37. The van der Waals surface area contributed by atoms with Crippen LogP contribution in [0.3, 0.4) is 0 Å². The molecule has 0 aliphatic carbocycles. The number of benzene rings is 2. The van der Waals surface area contributed by atoms with Crippen LogP contribution in [0.1, 0.15) is 11.3 Å². The van der Waals surface area contributed by atoms with E-state index in [2.05, 4.69) is 15.4 Å². The van der Waals surface area contributed by atoms with Crippen LogP contribution in [0.5, 0.6) is 5.75 Å². The molecule has 5 nitrogen and oxygen atoms in total. The third kappa shape index (κ3) is 2.76. The number of aromatic nitrogens is 3. The Balaban J connectivity index is 1.81. The molecule has 6 heteroatoms. The summed E-state index contributed by atoms with van der Waals surface area (Å²) >= 11 is 6.06. The molecule has 0 fully saturated rings. The van der Waals surface area contributed by atoms with Crippen LogP contribution in [0.15, 0.2) is 53.1 Å². The van der Waals surface area contributed by atoms with E-state index in [0.717, 1.165) is 28.1 Å². The number of hydrogen-bond donors (Lipinski definition) is 2. The van der Waals surface area contributed by atoms with Crippen molar-refractivity contribution in [2.75, 3.05) is 0 Å². The zero-order valence-electron chi connectivity index (χ0n) is 14.2. The molecule has 26 heavy (non-hydrogen) atoms. The molecule has 130 valence electrons. The van der Waals surface area contributed by atoms with Gasteiger partial charge in [-0.15, -0.1) is 0 Å². The van der Waals surface area contributed by atoms with E-state index in [-0.39, 0.29) is 5.75 Å². The maximum absolute atomic E-state index is 10.2. The van der Waals surface area contributed by atoms with E-state index < -0.39 is 0 Å². The number of H-pyrrole nitrogens is 1. The van der Waals surface area contributed by atoms with E-state index >= 15 is 0 Å². The van der Waals surface area contributed by atoms with Gasteiger partial charge in [0, 0.05) is 16.1 Å². The predicted octanol–water partition coefficient (Wildman–Crippen LogP) is 5.37. The number of nitrogens with one attached hydrogen (secondary N) is 1. The third-order valence-electron chi connectivity index (χ3n) is 4.31. The van der Waals surface area contributed by atoms with Crippen LogP contribution in [-0.2, 0) is 0 Å². The number of halogens is 1. The van der Waals surface area contributed by atoms with Crippen LogP contribution in [0, 0.1) is 13.8 Å². The number of phenols is 1. The van der Waals surface area contributed by atoms with Crippen molar-refractivity contribution >= 4 is 11.6 Å². The number of rotatable bonds is 3. The zero-order valence-corrected chi connectivity index (χ0v) is 15.0. The van der Waals surface area contributed by atoms with Crippen LogP contribution < -0.4 is 0 Å².